The fourth-order valence-corrected chi connectivity index (χ4v) is 6.07. The van der Waals surface area contributed by atoms with Crippen molar-refractivity contribution in [2.75, 3.05) is 13.1 Å². The van der Waals surface area contributed by atoms with Crippen LogP contribution < -0.4 is 0 Å². The van der Waals surface area contributed by atoms with Crippen LogP contribution in [0, 0.1) is 0 Å². The monoisotopic (exact) mass is 536 g/mol. The van der Waals surface area contributed by atoms with Crippen LogP contribution in [0.2, 0.25) is 0 Å². The Bertz CT molecular complexity index is 2000. The topological polar surface area (TPSA) is 88.4 Å². The number of likely N-dealkylation sites (tertiary alicyclic amines) is 1. The molecule has 8 heteroatoms. The van der Waals surface area contributed by atoms with Crippen LogP contribution in [-0.4, -0.2) is 52.5 Å². The van der Waals surface area contributed by atoms with Crippen LogP contribution in [0.3, 0.4) is 0 Å². The first-order valence-corrected chi connectivity index (χ1v) is 14.1. The van der Waals surface area contributed by atoms with Gasteiger partial charge in [0, 0.05) is 37.4 Å². The number of aromatic amines is 1. The second-order valence-corrected chi connectivity index (χ2v) is 10.8. The number of piperidine rings is 1. The van der Waals surface area contributed by atoms with E-state index in [0.29, 0.717) is 6.04 Å². The minimum Gasteiger partial charge on any atom is -0.345 e. The molecule has 0 aliphatic carbocycles. The van der Waals surface area contributed by atoms with Crippen LogP contribution in [-0.2, 0) is 6.54 Å². The van der Waals surface area contributed by atoms with Crippen LogP contribution in [0.15, 0.2) is 97.8 Å². The van der Waals surface area contributed by atoms with Gasteiger partial charge in [-0.15, -0.1) is 0 Å². The van der Waals surface area contributed by atoms with Crippen molar-refractivity contribution in [2.24, 2.45) is 0 Å². The lowest BCUT2D eigenvalue weighted by Gasteiger charge is -2.32. The molecule has 0 spiro atoms. The van der Waals surface area contributed by atoms with E-state index >= 15 is 0 Å². The maximum Gasteiger partial charge on any atom is 0.160 e. The molecule has 41 heavy (non-hydrogen) atoms. The van der Waals surface area contributed by atoms with Gasteiger partial charge in [0.05, 0.1) is 46.6 Å². The first-order valence-electron chi connectivity index (χ1n) is 14.1. The SMILES string of the molecule is c1ccc(-c2cnc3cc4nc[nH]c4cc3n2)c(-c2ccc(CN3CCC(n4cnc5cccnc54)CC3)cc2)c1. The summed E-state index contributed by atoms with van der Waals surface area (Å²) in [6, 6.07) is 25.8. The van der Waals surface area contributed by atoms with Gasteiger partial charge in [-0.1, -0.05) is 48.5 Å². The van der Waals surface area contributed by atoms with Crippen LogP contribution in [0.25, 0.3) is 55.6 Å². The molecule has 1 saturated heterocycles. The van der Waals surface area contributed by atoms with E-state index in [4.69, 9.17) is 9.97 Å². The molecule has 0 saturated carbocycles. The number of hydrogen-bond donors (Lipinski definition) is 1. The molecule has 1 N–H and O–H groups in total. The summed E-state index contributed by atoms with van der Waals surface area (Å²) in [6.45, 7) is 3.08. The Morgan fingerprint density at radius 3 is 2.49 bits per heavy atom. The number of hydrogen-bond acceptors (Lipinski definition) is 6. The van der Waals surface area contributed by atoms with E-state index in [0.717, 1.165) is 82.5 Å². The van der Waals surface area contributed by atoms with Crippen LogP contribution in [0.1, 0.15) is 24.4 Å². The molecule has 1 aliphatic heterocycles. The highest BCUT2D eigenvalue weighted by atomic mass is 15.2. The number of aromatic nitrogens is 7. The number of nitrogens with one attached hydrogen (secondary N) is 1. The predicted molar refractivity (Wildman–Crippen MR) is 161 cm³/mol. The van der Waals surface area contributed by atoms with E-state index in [9.17, 15) is 0 Å². The standard InChI is InChI=1S/C33H28N8/c1-2-5-26(32-18-35-30-16-28-29(37-20-36-28)17-31(30)39-32)25(4-1)23-9-7-22(8-10-23)19-40-14-11-24(12-15-40)41-21-38-27-6-3-13-34-33(27)41/h1-10,13,16-18,20-21,24H,11-12,14-15,19H2,(H,36,37). The molecule has 0 radical (unpaired) electrons. The van der Waals surface area contributed by atoms with E-state index in [1.54, 1.807) is 6.33 Å². The molecular weight excluding hydrogens is 508 g/mol. The average Bonchev–Trinajstić information content (AvgIpc) is 3.67. The quantitative estimate of drug-likeness (QED) is 0.273. The van der Waals surface area contributed by atoms with Crippen molar-refractivity contribution in [1.82, 2.24) is 39.4 Å². The zero-order valence-electron chi connectivity index (χ0n) is 22.5. The molecule has 1 fully saturated rings. The molecule has 8 nitrogen and oxygen atoms in total. The van der Waals surface area contributed by atoms with Gasteiger partial charge in [-0.05, 0) is 53.8 Å². The Balaban J connectivity index is 0.990. The number of H-pyrrole nitrogens is 1. The lowest BCUT2D eigenvalue weighted by Crippen LogP contribution is -2.34. The molecule has 0 amide bonds. The maximum absolute atomic E-state index is 4.97. The molecule has 0 unspecified atom stereocenters. The van der Waals surface area contributed by atoms with Gasteiger partial charge in [0.1, 0.15) is 5.52 Å². The highest BCUT2D eigenvalue weighted by Crippen LogP contribution is 2.32. The fraction of sp³-hybridized carbons (Fsp3) is 0.182. The Morgan fingerprint density at radius 1 is 0.756 bits per heavy atom. The van der Waals surface area contributed by atoms with Gasteiger partial charge in [-0.2, -0.15) is 0 Å². The van der Waals surface area contributed by atoms with Gasteiger partial charge < -0.3 is 9.55 Å². The van der Waals surface area contributed by atoms with Gasteiger partial charge in [0.15, 0.2) is 5.65 Å². The van der Waals surface area contributed by atoms with Crippen LogP contribution in [0.4, 0.5) is 0 Å². The summed E-state index contributed by atoms with van der Waals surface area (Å²) in [4.78, 5) is 28.8. The summed E-state index contributed by atoms with van der Waals surface area (Å²) in [6.07, 6.45) is 9.58. The molecule has 200 valence electrons. The van der Waals surface area contributed by atoms with Gasteiger partial charge in [-0.25, -0.2) is 19.9 Å². The summed E-state index contributed by atoms with van der Waals surface area (Å²) in [7, 11) is 0. The minimum atomic E-state index is 0.453. The predicted octanol–water partition coefficient (Wildman–Crippen LogP) is 6.42. The van der Waals surface area contributed by atoms with Gasteiger partial charge in [0.25, 0.3) is 0 Å². The third kappa shape index (κ3) is 4.42. The first-order chi connectivity index (χ1) is 20.3. The molecule has 0 atom stereocenters. The van der Waals surface area contributed by atoms with E-state index < -0.39 is 0 Å². The van der Waals surface area contributed by atoms with Gasteiger partial charge in [-0.3, -0.25) is 9.88 Å². The van der Waals surface area contributed by atoms with Crippen molar-refractivity contribution in [3.05, 3.63) is 103 Å². The Hall–Kier alpha value is -4.95. The molecule has 4 aromatic heterocycles. The Labute approximate surface area is 236 Å². The van der Waals surface area contributed by atoms with Gasteiger partial charge >= 0.3 is 0 Å². The lowest BCUT2D eigenvalue weighted by molar-refractivity contribution is 0.181. The van der Waals surface area contributed by atoms with E-state index in [1.807, 2.05) is 43.0 Å². The average molecular weight is 537 g/mol. The molecule has 8 rings (SSSR count). The fourth-order valence-electron chi connectivity index (χ4n) is 6.07. The highest BCUT2D eigenvalue weighted by Gasteiger charge is 2.22. The number of benzene rings is 3. The first kappa shape index (κ1) is 23.9. The van der Waals surface area contributed by atoms with Gasteiger partial charge in [0.2, 0.25) is 0 Å². The molecule has 1 aliphatic rings. The maximum atomic E-state index is 4.97. The number of fused-ring (bicyclic) bond motifs is 3. The largest absolute Gasteiger partial charge is 0.345 e. The van der Waals surface area contributed by atoms with Crippen molar-refractivity contribution in [2.45, 2.75) is 25.4 Å². The van der Waals surface area contributed by atoms with Crippen molar-refractivity contribution in [3.8, 4) is 22.4 Å². The molecule has 3 aromatic carbocycles. The second-order valence-electron chi connectivity index (χ2n) is 10.8. The van der Waals surface area contributed by atoms with Crippen molar-refractivity contribution in [3.63, 3.8) is 0 Å². The van der Waals surface area contributed by atoms with E-state index in [2.05, 4.69) is 77.9 Å². The summed E-state index contributed by atoms with van der Waals surface area (Å²) in [5.41, 5.74) is 11.1. The summed E-state index contributed by atoms with van der Waals surface area (Å²) < 4.78 is 2.26. The van der Waals surface area contributed by atoms with Crippen molar-refractivity contribution >= 4 is 33.2 Å². The third-order valence-corrected chi connectivity index (χ3v) is 8.24. The second kappa shape index (κ2) is 9.91. The van der Waals surface area contributed by atoms with Crippen LogP contribution >= 0.6 is 0 Å². The van der Waals surface area contributed by atoms with Crippen molar-refractivity contribution in [1.29, 1.82) is 0 Å². The Kier molecular flexibility index (Phi) is 5.77. The summed E-state index contributed by atoms with van der Waals surface area (Å²) >= 11 is 0. The third-order valence-electron chi connectivity index (χ3n) is 8.24. The number of nitrogens with zero attached hydrogens (tertiary/aromatic N) is 7. The van der Waals surface area contributed by atoms with E-state index in [-0.39, 0.29) is 0 Å². The zero-order chi connectivity index (χ0) is 27.2. The number of imidazole rings is 2. The van der Waals surface area contributed by atoms with Crippen molar-refractivity contribution < 1.29 is 0 Å². The molecule has 0 bridgehead atoms. The number of rotatable bonds is 5. The summed E-state index contributed by atoms with van der Waals surface area (Å²) in [5.74, 6) is 0. The molecular formula is C33H28N8. The normalized spacial score (nSPS) is 14.8. The molecule has 5 heterocycles. The smallest absolute Gasteiger partial charge is 0.160 e. The van der Waals surface area contributed by atoms with Crippen LogP contribution in [0.5, 0.6) is 0 Å². The molecule has 7 aromatic rings. The van der Waals surface area contributed by atoms with E-state index in [1.165, 1.54) is 11.1 Å². The minimum absolute atomic E-state index is 0.453. The highest BCUT2D eigenvalue weighted by molar-refractivity contribution is 5.92. The number of pyridine rings is 1. The Morgan fingerprint density at radius 2 is 1.61 bits per heavy atom. The lowest BCUT2D eigenvalue weighted by atomic mass is 9.96. The zero-order valence-corrected chi connectivity index (χ0v) is 22.5. The summed E-state index contributed by atoms with van der Waals surface area (Å²) in [5, 5.41) is 0.